The van der Waals surface area contributed by atoms with E-state index in [1.165, 1.54) is 45.1 Å². The van der Waals surface area contributed by atoms with Gasteiger partial charge in [0.1, 0.15) is 0 Å². The number of hydrogen-bond acceptors (Lipinski definition) is 2. The first-order chi connectivity index (χ1) is 7.38. The van der Waals surface area contributed by atoms with Gasteiger partial charge in [0.05, 0.1) is 0 Å². The van der Waals surface area contributed by atoms with Crippen LogP contribution < -0.4 is 5.32 Å². The molecule has 0 aromatic carbocycles. The number of nitrogens with one attached hydrogen (secondary N) is 1. The van der Waals surface area contributed by atoms with Crippen LogP contribution in [0.15, 0.2) is 0 Å². The van der Waals surface area contributed by atoms with Gasteiger partial charge in [-0.05, 0) is 45.1 Å². The van der Waals surface area contributed by atoms with Gasteiger partial charge < -0.3 is 10.1 Å². The van der Waals surface area contributed by atoms with Crippen molar-refractivity contribution in [2.24, 2.45) is 5.92 Å². The molecule has 0 aromatic rings. The molecule has 0 saturated heterocycles. The molecule has 1 fully saturated rings. The molecular weight excluding hydrogens is 186 g/mol. The van der Waals surface area contributed by atoms with Gasteiger partial charge in [0.15, 0.2) is 0 Å². The summed E-state index contributed by atoms with van der Waals surface area (Å²) in [4.78, 5) is 0. The molecule has 0 aromatic heterocycles. The molecule has 0 radical (unpaired) electrons. The second-order valence-electron chi connectivity index (χ2n) is 4.56. The molecule has 0 spiro atoms. The van der Waals surface area contributed by atoms with Crippen LogP contribution >= 0.6 is 0 Å². The lowest BCUT2D eigenvalue weighted by atomic mass is 10.0. The molecule has 2 heteroatoms. The van der Waals surface area contributed by atoms with Crippen LogP contribution in [-0.2, 0) is 4.74 Å². The zero-order chi connectivity index (χ0) is 10.9. The minimum absolute atomic E-state index is 0.807. The van der Waals surface area contributed by atoms with Crippen molar-refractivity contribution in [3.63, 3.8) is 0 Å². The maximum atomic E-state index is 5.32. The fourth-order valence-electron chi connectivity index (χ4n) is 2.56. The summed E-state index contributed by atoms with van der Waals surface area (Å²) in [5.74, 6) is 0.942. The van der Waals surface area contributed by atoms with Crippen molar-refractivity contribution >= 4 is 0 Å². The molecule has 0 heterocycles. The van der Waals surface area contributed by atoms with E-state index in [0.29, 0.717) is 0 Å². The lowest BCUT2D eigenvalue weighted by molar-refractivity contribution is 0.143. The highest BCUT2D eigenvalue weighted by atomic mass is 16.5. The third kappa shape index (κ3) is 4.98. The standard InChI is InChI=1S/C13H27NO/c1-3-12-8-7-9-13(12)14-10-5-6-11-15-4-2/h12-14H,3-11H2,1-2H3. The topological polar surface area (TPSA) is 21.3 Å². The molecule has 90 valence electrons. The molecule has 1 aliphatic rings. The molecule has 1 saturated carbocycles. The molecular formula is C13H27NO. The summed E-state index contributed by atoms with van der Waals surface area (Å²) in [6.07, 6.45) is 8.06. The molecule has 1 N–H and O–H groups in total. The molecule has 1 rings (SSSR count). The highest BCUT2D eigenvalue weighted by molar-refractivity contribution is 4.81. The summed E-state index contributed by atoms with van der Waals surface area (Å²) < 4.78 is 5.32. The van der Waals surface area contributed by atoms with E-state index < -0.39 is 0 Å². The van der Waals surface area contributed by atoms with Gasteiger partial charge >= 0.3 is 0 Å². The third-order valence-corrected chi connectivity index (χ3v) is 3.51. The monoisotopic (exact) mass is 213 g/mol. The molecule has 1 aliphatic carbocycles. The highest BCUT2D eigenvalue weighted by Gasteiger charge is 2.24. The first-order valence-electron chi connectivity index (χ1n) is 6.69. The van der Waals surface area contributed by atoms with E-state index in [-0.39, 0.29) is 0 Å². The Labute approximate surface area is 94.8 Å². The Morgan fingerprint density at radius 3 is 2.80 bits per heavy atom. The largest absolute Gasteiger partial charge is 0.382 e. The van der Waals surface area contributed by atoms with E-state index in [0.717, 1.165) is 25.2 Å². The van der Waals surface area contributed by atoms with E-state index in [2.05, 4.69) is 19.2 Å². The van der Waals surface area contributed by atoms with Gasteiger partial charge in [-0.15, -0.1) is 0 Å². The summed E-state index contributed by atoms with van der Waals surface area (Å²) >= 11 is 0. The number of hydrogen-bond donors (Lipinski definition) is 1. The van der Waals surface area contributed by atoms with Gasteiger partial charge in [-0.1, -0.05) is 19.8 Å². The van der Waals surface area contributed by atoms with Gasteiger partial charge in [0.2, 0.25) is 0 Å². The molecule has 0 bridgehead atoms. The lowest BCUT2D eigenvalue weighted by Crippen LogP contribution is -2.32. The van der Waals surface area contributed by atoms with Gasteiger partial charge in [0.25, 0.3) is 0 Å². The minimum Gasteiger partial charge on any atom is -0.382 e. The quantitative estimate of drug-likeness (QED) is 0.626. The average Bonchev–Trinajstić information content (AvgIpc) is 2.70. The minimum atomic E-state index is 0.807. The zero-order valence-corrected chi connectivity index (χ0v) is 10.4. The number of ether oxygens (including phenoxy) is 1. The lowest BCUT2D eigenvalue weighted by Gasteiger charge is -2.19. The fraction of sp³-hybridized carbons (Fsp3) is 1.00. The Kier molecular flexibility index (Phi) is 7.03. The SMILES string of the molecule is CCOCCCCNC1CCCC1CC. The van der Waals surface area contributed by atoms with E-state index >= 15 is 0 Å². The molecule has 2 unspecified atom stereocenters. The summed E-state index contributed by atoms with van der Waals surface area (Å²) in [5.41, 5.74) is 0. The molecule has 15 heavy (non-hydrogen) atoms. The summed E-state index contributed by atoms with van der Waals surface area (Å²) in [6, 6.07) is 0.807. The van der Waals surface area contributed by atoms with Gasteiger partial charge in [-0.2, -0.15) is 0 Å². The number of unbranched alkanes of at least 4 members (excludes halogenated alkanes) is 1. The first-order valence-corrected chi connectivity index (χ1v) is 6.69. The Balaban J connectivity index is 1.95. The van der Waals surface area contributed by atoms with Crippen LogP contribution in [0.1, 0.15) is 52.4 Å². The third-order valence-electron chi connectivity index (χ3n) is 3.51. The second kappa shape index (κ2) is 8.12. The van der Waals surface area contributed by atoms with Crippen LogP contribution in [0.3, 0.4) is 0 Å². The van der Waals surface area contributed by atoms with E-state index in [1.54, 1.807) is 0 Å². The molecule has 0 aliphatic heterocycles. The average molecular weight is 213 g/mol. The zero-order valence-electron chi connectivity index (χ0n) is 10.4. The van der Waals surface area contributed by atoms with Crippen LogP contribution in [0, 0.1) is 5.92 Å². The van der Waals surface area contributed by atoms with E-state index in [1.807, 2.05) is 0 Å². The molecule has 0 amide bonds. The van der Waals surface area contributed by atoms with Crippen molar-refractivity contribution in [3.8, 4) is 0 Å². The summed E-state index contributed by atoms with van der Waals surface area (Å²) in [7, 11) is 0. The first kappa shape index (κ1) is 13.0. The Hall–Kier alpha value is -0.0800. The van der Waals surface area contributed by atoms with Crippen molar-refractivity contribution in [3.05, 3.63) is 0 Å². The smallest absolute Gasteiger partial charge is 0.0466 e. The molecule has 2 atom stereocenters. The van der Waals surface area contributed by atoms with Crippen molar-refractivity contribution in [2.45, 2.75) is 58.4 Å². The highest BCUT2D eigenvalue weighted by Crippen LogP contribution is 2.27. The Morgan fingerprint density at radius 1 is 1.20 bits per heavy atom. The van der Waals surface area contributed by atoms with Crippen molar-refractivity contribution in [1.82, 2.24) is 5.32 Å². The fourth-order valence-corrected chi connectivity index (χ4v) is 2.56. The summed E-state index contributed by atoms with van der Waals surface area (Å²) in [5, 5.41) is 3.70. The van der Waals surface area contributed by atoms with Gasteiger partial charge in [0, 0.05) is 19.3 Å². The van der Waals surface area contributed by atoms with Crippen LogP contribution in [0.4, 0.5) is 0 Å². The van der Waals surface area contributed by atoms with E-state index in [4.69, 9.17) is 4.74 Å². The van der Waals surface area contributed by atoms with Crippen molar-refractivity contribution in [2.75, 3.05) is 19.8 Å². The van der Waals surface area contributed by atoms with Crippen molar-refractivity contribution < 1.29 is 4.74 Å². The van der Waals surface area contributed by atoms with Crippen LogP contribution in [-0.4, -0.2) is 25.8 Å². The predicted molar refractivity (Wildman–Crippen MR) is 65.1 cm³/mol. The van der Waals surface area contributed by atoms with Crippen LogP contribution in [0.2, 0.25) is 0 Å². The van der Waals surface area contributed by atoms with Crippen molar-refractivity contribution in [1.29, 1.82) is 0 Å². The van der Waals surface area contributed by atoms with Crippen LogP contribution in [0.5, 0.6) is 0 Å². The molecule has 2 nitrogen and oxygen atoms in total. The van der Waals surface area contributed by atoms with Crippen LogP contribution in [0.25, 0.3) is 0 Å². The maximum absolute atomic E-state index is 5.32. The number of rotatable bonds is 8. The predicted octanol–water partition coefficient (Wildman–Crippen LogP) is 2.97. The Morgan fingerprint density at radius 2 is 2.07 bits per heavy atom. The Bertz CT molecular complexity index is 149. The normalized spacial score (nSPS) is 26.0. The maximum Gasteiger partial charge on any atom is 0.0466 e. The van der Waals surface area contributed by atoms with Gasteiger partial charge in [-0.25, -0.2) is 0 Å². The van der Waals surface area contributed by atoms with E-state index in [9.17, 15) is 0 Å². The summed E-state index contributed by atoms with van der Waals surface area (Å²) in [6.45, 7) is 7.34. The van der Waals surface area contributed by atoms with Gasteiger partial charge in [-0.3, -0.25) is 0 Å². The second-order valence-corrected chi connectivity index (χ2v) is 4.56.